The summed E-state index contributed by atoms with van der Waals surface area (Å²) in [6, 6.07) is 0. The molecule has 0 spiro atoms. The first-order valence-electron chi connectivity index (χ1n) is 12.1. The second kappa shape index (κ2) is 6.76. The van der Waals surface area contributed by atoms with Crippen molar-refractivity contribution in [3.05, 3.63) is 12.2 Å². The molecule has 0 amide bonds. The van der Waals surface area contributed by atoms with E-state index in [0.29, 0.717) is 36.7 Å². The lowest BCUT2D eigenvalue weighted by molar-refractivity contribution is -0.325. The molecule has 32 heavy (non-hydrogen) atoms. The van der Waals surface area contributed by atoms with Gasteiger partial charge in [0.1, 0.15) is 5.60 Å². The van der Waals surface area contributed by atoms with Gasteiger partial charge >= 0.3 is 11.9 Å². The van der Waals surface area contributed by atoms with Crippen molar-refractivity contribution in [3.63, 3.8) is 0 Å². The van der Waals surface area contributed by atoms with Crippen molar-refractivity contribution in [1.29, 1.82) is 0 Å². The maximum Gasteiger partial charge on any atom is 0.333 e. The molecule has 4 atom stereocenters. The van der Waals surface area contributed by atoms with Crippen LogP contribution in [0, 0.1) is 17.3 Å². The number of alkyl halides is 2. The van der Waals surface area contributed by atoms with E-state index < -0.39 is 28.5 Å². The van der Waals surface area contributed by atoms with Crippen LogP contribution in [0.2, 0.25) is 0 Å². The van der Waals surface area contributed by atoms with Crippen molar-refractivity contribution in [1.82, 2.24) is 0 Å². The van der Waals surface area contributed by atoms with Crippen LogP contribution < -0.4 is 0 Å². The third kappa shape index (κ3) is 2.99. The standard InChI is InChI=1S/C25H36F2O5/c1-16(2)19(28)31-23-12-17-9-18(13-23)11-22(10-17,14-23)24(7-5-6-8-24)32-20(3)15-30-21(4,29)25(20,26)27/h17-18,29H,1,5-15H2,2-4H3. The Morgan fingerprint density at radius 3 is 2.19 bits per heavy atom. The average Bonchev–Trinajstić information content (AvgIpc) is 3.20. The number of hydrogen-bond acceptors (Lipinski definition) is 5. The quantitative estimate of drug-likeness (QED) is 0.473. The fourth-order valence-corrected chi connectivity index (χ4v) is 8.28. The molecule has 1 saturated heterocycles. The Kier molecular flexibility index (Phi) is 4.80. The average molecular weight is 455 g/mol. The fraction of sp³-hybridized carbons (Fsp3) is 0.880. The van der Waals surface area contributed by atoms with Gasteiger partial charge in [0, 0.05) is 11.0 Å². The molecule has 6 fully saturated rings. The first kappa shape index (κ1) is 22.7. The highest BCUT2D eigenvalue weighted by molar-refractivity contribution is 5.87. The number of ether oxygens (including phenoxy) is 3. The molecule has 4 unspecified atom stereocenters. The number of rotatable bonds is 5. The number of esters is 1. The highest BCUT2D eigenvalue weighted by Gasteiger charge is 2.74. The highest BCUT2D eigenvalue weighted by Crippen LogP contribution is 2.70. The Balaban J connectivity index is 1.51. The van der Waals surface area contributed by atoms with E-state index in [1.807, 2.05) is 0 Å². The van der Waals surface area contributed by atoms with E-state index in [1.165, 1.54) is 6.92 Å². The zero-order chi connectivity index (χ0) is 23.2. The lowest BCUT2D eigenvalue weighted by Crippen LogP contribution is -2.67. The van der Waals surface area contributed by atoms with Gasteiger partial charge in [-0.2, -0.15) is 8.78 Å². The molecule has 180 valence electrons. The lowest BCUT2D eigenvalue weighted by Gasteiger charge is -2.66. The van der Waals surface area contributed by atoms with Crippen LogP contribution in [0.15, 0.2) is 12.2 Å². The van der Waals surface area contributed by atoms with Crippen LogP contribution in [-0.4, -0.2) is 46.2 Å². The summed E-state index contributed by atoms with van der Waals surface area (Å²) in [5, 5.41) is 10.2. The topological polar surface area (TPSA) is 65.0 Å². The van der Waals surface area contributed by atoms with E-state index in [0.717, 1.165) is 51.9 Å². The zero-order valence-corrected chi connectivity index (χ0v) is 19.5. The molecule has 4 bridgehead atoms. The van der Waals surface area contributed by atoms with Crippen LogP contribution in [0.4, 0.5) is 8.78 Å². The van der Waals surface area contributed by atoms with Gasteiger partial charge in [0.2, 0.25) is 5.79 Å². The van der Waals surface area contributed by atoms with Gasteiger partial charge in [0.05, 0.1) is 12.2 Å². The Hall–Kier alpha value is -1.05. The van der Waals surface area contributed by atoms with Crippen LogP contribution in [0.25, 0.3) is 0 Å². The minimum Gasteiger partial charge on any atom is -0.456 e. The molecule has 6 rings (SSSR count). The van der Waals surface area contributed by atoms with Crippen LogP contribution in [0.5, 0.6) is 0 Å². The van der Waals surface area contributed by atoms with E-state index in [9.17, 15) is 9.90 Å². The molecule has 5 saturated carbocycles. The third-order valence-corrected chi connectivity index (χ3v) is 9.34. The van der Waals surface area contributed by atoms with Crippen molar-refractivity contribution in [2.75, 3.05) is 6.61 Å². The van der Waals surface area contributed by atoms with Crippen molar-refractivity contribution >= 4 is 5.97 Å². The van der Waals surface area contributed by atoms with Crippen LogP contribution in [0.3, 0.4) is 0 Å². The summed E-state index contributed by atoms with van der Waals surface area (Å²) in [5.41, 5.74) is -3.12. The van der Waals surface area contributed by atoms with E-state index in [1.54, 1.807) is 6.92 Å². The summed E-state index contributed by atoms with van der Waals surface area (Å²) >= 11 is 0. The Morgan fingerprint density at radius 1 is 1.09 bits per heavy atom. The van der Waals surface area contributed by atoms with Gasteiger partial charge < -0.3 is 19.3 Å². The molecular weight excluding hydrogens is 418 g/mol. The molecule has 0 aromatic heterocycles. The molecule has 0 aromatic carbocycles. The van der Waals surface area contributed by atoms with E-state index in [4.69, 9.17) is 14.2 Å². The Morgan fingerprint density at radius 2 is 1.69 bits per heavy atom. The predicted octanol–water partition coefficient (Wildman–Crippen LogP) is 4.91. The minimum absolute atomic E-state index is 0.309. The summed E-state index contributed by atoms with van der Waals surface area (Å²) in [6.45, 7) is 7.45. The van der Waals surface area contributed by atoms with Crippen LogP contribution >= 0.6 is 0 Å². The number of halogens is 2. The molecule has 5 nitrogen and oxygen atoms in total. The Bertz CT molecular complexity index is 816. The van der Waals surface area contributed by atoms with Gasteiger partial charge in [-0.15, -0.1) is 0 Å². The van der Waals surface area contributed by atoms with E-state index >= 15 is 8.78 Å². The maximum atomic E-state index is 15.3. The largest absolute Gasteiger partial charge is 0.456 e. The summed E-state index contributed by atoms with van der Waals surface area (Å²) in [4.78, 5) is 12.5. The third-order valence-electron chi connectivity index (χ3n) is 9.34. The van der Waals surface area contributed by atoms with Crippen LogP contribution in [0.1, 0.15) is 85.0 Å². The van der Waals surface area contributed by atoms with Gasteiger partial charge in [0.25, 0.3) is 0 Å². The van der Waals surface area contributed by atoms with Gasteiger partial charge in [-0.1, -0.05) is 19.4 Å². The number of hydrogen-bond donors (Lipinski definition) is 1. The molecule has 0 radical (unpaired) electrons. The predicted molar refractivity (Wildman–Crippen MR) is 113 cm³/mol. The first-order valence-corrected chi connectivity index (χ1v) is 12.1. The van der Waals surface area contributed by atoms with E-state index in [2.05, 4.69) is 6.58 Å². The second-order valence-electron chi connectivity index (χ2n) is 12.0. The van der Waals surface area contributed by atoms with Crippen molar-refractivity contribution < 1.29 is 32.9 Å². The Labute approximate surface area is 188 Å². The second-order valence-corrected chi connectivity index (χ2v) is 12.0. The monoisotopic (exact) mass is 454 g/mol. The molecule has 5 aliphatic carbocycles. The van der Waals surface area contributed by atoms with Crippen molar-refractivity contribution in [2.24, 2.45) is 17.3 Å². The molecule has 1 heterocycles. The van der Waals surface area contributed by atoms with Crippen molar-refractivity contribution in [2.45, 2.75) is 113 Å². The van der Waals surface area contributed by atoms with E-state index in [-0.39, 0.29) is 18.0 Å². The maximum absolute atomic E-state index is 15.3. The molecule has 1 aliphatic heterocycles. The van der Waals surface area contributed by atoms with Crippen molar-refractivity contribution in [3.8, 4) is 0 Å². The molecule has 1 N–H and O–H groups in total. The number of carbonyl (C=O) groups excluding carboxylic acids is 1. The smallest absolute Gasteiger partial charge is 0.333 e. The lowest BCUT2D eigenvalue weighted by atomic mass is 9.43. The van der Waals surface area contributed by atoms with Gasteiger partial charge in [-0.3, -0.25) is 0 Å². The summed E-state index contributed by atoms with van der Waals surface area (Å²) in [6.07, 6.45) is 8.57. The number of carbonyl (C=O) groups is 1. The van der Waals surface area contributed by atoms with Gasteiger partial charge in [-0.05, 0) is 84.0 Å². The summed E-state index contributed by atoms with van der Waals surface area (Å²) in [5.74, 6) is -5.64. The van der Waals surface area contributed by atoms with Crippen LogP contribution in [-0.2, 0) is 19.0 Å². The summed E-state index contributed by atoms with van der Waals surface area (Å²) < 4.78 is 48.5. The minimum atomic E-state index is -3.54. The molecule has 0 aromatic rings. The molecule has 7 heteroatoms. The zero-order valence-electron chi connectivity index (χ0n) is 19.5. The molecular formula is C25H36F2O5. The molecule has 6 aliphatic rings. The van der Waals surface area contributed by atoms with Gasteiger partial charge in [0.15, 0.2) is 5.60 Å². The number of aliphatic hydroxyl groups is 1. The first-order chi connectivity index (χ1) is 14.8. The fourth-order valence-electron chi connectivity index (χ4n) is 8.28. The highest BCUT2D eigenvalue weighted by atomic mass is 19.3. The normalized spacial score (nSPS) is 48.2. The summed E-state index contributed by atoms with van der Waals surface area (Å²) in [7, 11) is 0. The SMILES string of the molecule is C=C(C)C(=O)OC12CC3CC(C1)CC(C1(OC4(C)COC(C)(O)C4(F)F)CCCC1)(C3)C2. The van der Waals surface area contributed by atoms with Gasteiger partial charge in [-0.25, -0.2) is 4.79 Å².